The number of hydrogen-bond donors (Lipinski definition) is 1. The Balaban J connectivity index is 1.82. The minimum atomic E-state index is -4.65. The van der Waals surface area contributed by atoms with Crippen molar-refractivity contribution in [3.8, 4) is 5.95 Å². The van der Waals surface area contributed by atoms with Crippen molar-refractivity contribution in [2.24, 2.45) is 0 Å². The average molecular weight is 362 g/mol. The minimum absolute atomic E-state index is 0.129. The topological polar surface area (TPSA) is 72.3 Å². The number of pyridine rings is 1. The van der Waals surface area contributed by atoms with E-state index in [1.165, 1.54) is 12.3 Å². The number of benzene rings is 1. The molecule has 6 nitrogen and oxygen atoms in total. The molecule has 1 aromatic carbocycles. The Hall–Kier alpha value is -3.30. The number of aromatic amines is 1. The van der Waals surface area contributed by atoms with Gasteiger partial charge in [-0.2, -0.15) is 27.9 Å². The highest BCUT2D eigenvalue weighted by Gasteiger charge is 2.35. The van der Waals surface area contributed by atoms with Crippen molar-refractivity contribution >= 4 is 11.0 Å². The van der Waals surface area contributed by atoms with Crippen molar-refractivity contribution in [2.75, 3.05) is 0 Å². The Bertz CT molecular complexity index is 1080. The van der Waals surface area contributed by atoms with E-state index in [1.807, 2.05) is 5.10 Å². The molecule has 3 aromatic heterocycles. The molecule has 26 heavy (non-hydrogen) atoms. The Kier molecular flexibility index (Phi) is 3.67. The lowest BCUT2D eigenvalue weighted by molar-refractivity contribution is -0.144. The number of hydrogen-bond acceptors (Lipinski definition) is 4. The van der Waals surface area contributed by atoms with E-state index >= 15 is 0 Å². The van der Waals surface area contributed by atoms with E-state index in [0.717, 1.165) is 4.68 Å². The molecule has 0 saturated heterocycles. The van der Waals surface area contributed by atoms with Gasteiger partial charge < -0.3 is 0 Å². The zero-order chi connectivity index (χ0) is 18.3. The SMILES string of the molecule is Fc1ccccc1Cc1nn(-c2n[nH]c(C(F)(F)F)n2)c2cccnc12. The maximum atomic E-state index is 13.9. The van der Waals surface area contributed by atoms with E-state index in [4.69, 9.17) is 0 Å². The predicted molar refractivity (Wildman–Crippen MR) is 83.0 cm³/mol. The fourth-order valence-electron chi connectivity index (χ4n) is 2.58. The largest absolute Gasteiger partial charge is 0.451 e. The van der Waals surface area contributed by atoms with Crippen molar-refractivity contribution in [3.63, 3.8) is 0 Å². The van der Waals surface area contributed by atoms with Crippen molar-refractivity contribution in [2.45, 2.75) is 12.6 Å². The first kappa shape index (κ1) is 16.2. The summed E-state index contributed by atoms with van der Waals surface area (Å²) in [7, 11) is 0. The minimum Gasteiger partial charge on any atom is -0.253 e. The summed E-state index contributed by atoms with van der Waals surface area (Å²) in [6.45, 7) is 0. The van der Waals surface area contributed by atoms with Gasteiger partial charge in [-0.05, 0) is 23.8 Å². The van der Waals surface area contributed by atoms with Gasteiger partial charge in [0.15, 0.2) is 0 Å². The number of alkyl halides is 3. The maximum absolute atomic E-state index is 13.9. The molecule has 0 radical (unpaired) electrons. The predicted octanol–water partition coefficient (Wildman–Crippen LogP) is 3.29. The molecular formula is C16H10F4N6. The first-order chi connectivity index (χ1) is 12.4. The monoisotopic (exact) mass is 362 g/mol. The molecule has 4 rings (SSSR count). The highest BCUT2D eigenvalue weighted by molar-refractivity contribution is 5.79. The van der Waals surface area contributed by atoms with Crippen LogP contribution in [0.25, 0.3) is 17.0 Å². The summed E-state index contributed by atoms with van der Waals surface area (Å²) in [4.78, 5) is 7.66. The second-order valence-electron chi connectivity index (χ2n) is 5.48. The zero-order valence-corrected chi connectivity index (χ0v) is 13.0. The third-order valence-electron chi connectivity index (χ3n) is 3.76. The van der Waals surface area contributed by atoms with Crippen molar-refractivity contribution in [3.05, 3.63) is 65.5 Å². The molecule has 4 aromatic rings. The lowest BCUT2D eigenvalue weighted by Crippen LogP contribution is -2.08. The van der Waals surface area contributed by atoms with E-state index in [2.05, 4.69) is 20.2 Å². The van der Waals surface area contributed by atoms with Crippen LogP contribution in [0, 0.1) is 5.82 Å². The van der Waals surface area contributed by atoms with E-state index in [-0.39, 0.29) is 12.4 Å². The van der Waals surface area contributed by atoms with Gasteiger partial charge in [0.1, 0.15) is 11.3 Å². The fraction of sp³-hybridized carbons (Fsp3) is 0.125. The number of halogens is 4. The van der Waals surface area contributed by atoms with Gasteiger partial charge in [-0.1, -0.05) is 18.2 Å². The smallest absolute Gasteiger partial charge is 0.253 e. The Morgan fingerprint density at radius 3 is 2.62 bits per heavy atom. The third kappa shape index (κ3) is 2.79. The van der Waals surface area contributed by atoms with Gasteiger partial charge in [0.05, 0.1) is 11.2 Å². The molecule has 0 aliphatic heterocycles. The number of fused-ring (bicyclic) bond motifs is 1. The van der Waals surface area contributed by atoms with Gasteiger partial charge in [-0.25, -0.2) is 4.39 Å². The molecule has 0 unspecified atom stereocenters. The van der Waals surface area contributed by atoms with Crippen LogP contribution in [0.1, 0.15) is 17.1 Å². The Labute approximate surface area is 143 Å². The van der Waals surface area contributed by atoms with Gasteiger partial charge >= 0.3 is 6.18 Å². The standard InChI is InChI=1S/C16H10F4N6/c17-10-5-2-1-4-9(10)8-11-13-12(6-3-7-21-13)26(25-11)15-22-14(23-24-15)16(18,19)20/h1-7H,8H2,(H,22,23,24). The van der Waals surface area contributed by atoms with Crippen LogP contribution in [0.4, 0.5) is 17.6 Å². The number of nitrogens with one attached hydrogen (secondary N) is 1. The molecular weight excluding hydrogens is 352 g/mol. The van der Waals surface area contributed by atoms with Gasteiger partial charge in [-0.15, -0.1) is 5.10 Å². The summed E-state index contributed by atoms with van der Waals surface area (Å²) in [5.74, 6) is -1.89. The molecule has 10 heteroatoms. The third-order valence-corrected chi connectivity index (χ3v) is 3.76. The van der Waals surface area contributed by atoms with Crippen molar-refractivity contribution in [1.82, 2.24) is 29.9 Å². The summed E-state index contributed by atoms with van der Waals surface area (Å²) in [5, 5.41) is 9.70. The molecule has 0 spiro atoms. The molecule has 0 aliphatic carbocycles. The van der Waals surface area contributed by atoms with Crippen LogP contribution >= 0.6 is 0 Å². The van der Waals surface area contributed by atoms with Crippen LogP contribution in [0.2, 0.25) is 0 Å². The van der Waals surface area contributed by atoms with E-state index in [0.29, 0.717) is 22.3 Å². The van der Waals surface area contributed by atoms with E-state index in [9.17, 15) is 17.6 Å². The fourth-order valence-corrected chi connectivity index (χ4v) is 2.58. The van der Waals surface area contributed by atoms with E-state index < -0.39 is 17.8 Å². The van der Waals surface area contributed by atoms with Crippen LogP contribution in [-0.2, 0) is 12.6 Å². The van der Waals surface area contributed by atoms with Crippen LogP contribution in [-0.4, -0.2) is 29.9 Å². The molecule has 0 aliphatic rings. The Morgan fingerprint density at radius 1 is 1.08 bits per heavy atom. The molecule has 0 bridgehead atoms. The van der Waals surface area contributed by atoms with Crippen LogP contribution in [0.15, 0.2) is 42.6 Å². The molecule has 0 atom stereocenters. The van der Waals surface area contributed by atoms with Crippen molar-refractivity contribution < 1.29 is 17.6 Å². The average Bonchev–Trinajstić information content (AvgIpc) is 3.22. The van der Waals surface area contributed by atoms with Gasteiger partial charge in [0.2, 0.25) is 5.82 Å². The number of H-pyrrole nitrogens is 1. The number of aromatic nitrogens is 6. The van der Waals surface area contributed by atoms with Crippen molar-refractivity contribution in [1.29, 1.82) is 0 Å². The summed E-state index contributed by atoms with van der Waals surface area (Å²) in [6.07, 6.45) is -3.00. The molecule has 1 N–H and O–H groups in total. The highest BCUT2D eigenvalue weighted by Crippen LogP contribution is 2.27. The second-order valence-corrected chi connectivity index (χ2v) is 5.48. The number of nitrogens with zero attached hydrogens (tertiary/aromatic N) is 5. The highest BCUT2D eigenvalue weighted by atomic mass is 19.4. The summed E-state index contributed by atoms with van der Waals surface area (Å²) < 4.78 is 53.3. The van der Waals surface area contributed by atoms with Crippen LogP contribution in [0.5, 0.6) is 0 Å². The maximum Gasteiger partial charge on any atom is 0.451 e. The second kappa shape index (κ2) is 5.90. The zero-order valence-electron chi connectivity index (χ0n) is 13.0. The van der Waals surface area contributed by atoms with Crippen LogP contribution in [0.3, 0.4) is 0 Å². The quantitative estimate of drug-likeness (QED) is 0.568. The van der Waals surface area contributed by atoms with Crippen LogP contribution < -0.4 is 0 Å². The Morgan fingerprint density at radius 2 is 1.88 bits per heavy atom. The lowest BCUT2D eigenvalue weighted by Gasteiger charge is -2.00. The van der Waals surface area contributed by atoms with Gasteiger partial charge in [0.25, 0.3) is 5.95 Å². The first-order valence-electron chi connectivity index (χ1n) is 7.49. The van der Waals surface area contributed by atoms with E-state index in [1.54, 1.807) is 30.3 Å². The molecule has 3 heterocycles. The molecule has 0 fully saturated rings. The number of rotatable bonds is 3. The molecule has 0 saturated carbocycles. The lowest BCUT2D eigenvalue weighted by atomic mass is 10.1. The summed E-state index contributed by atoms with van der Waals surface area (Å²) in [6, 6.07) is 9.44. The van der Waals surface area contributed by atoms with Gasteiger partial charge in [-0.3, -0.25) is 10.1 Å². The van der Waals surface area contributed by atoms with Gasteiger partial charge in [0, 0.05) is 12.6 Å². The summed E-state index contributed by atoms with van der Waals surface area (Å²) in [5.41, 5.74) is 1.67. The first-order valence-corrected chi connectivity index (χ1v) is 7.49. The molecule has 0 amide bonds. The summed E-state index contributed by atoms with van der Waals surface area (Å²) >= 11 is 0. The normalized spacial score (nSPS) is 12.0. The molecule has 132 valence electrons.